The average Bonchev–Trinajstić information content (AvgIpc) is 2.63. The van der Waals surface area contributed by atoms with Gasteiger partial charge in [0.05, 0.1) is 19.4 Å². The lowest BCUT2D eigenvalue weighted by atomic mass is 9.90. The van der Waals surface area contributed by atoms with E-state index in [0.717, 1.165) is 11.1 Å². The molecular weight excluding hydrogens is 302 g/mol. The van der Waals surface area contributed by atoms with Gasteiger partial charge < -0.3 is 10.1 Å². The van der Waals surface area contributed by atoms with Crippen LogP contribution in [0.1, 0.15) is 36.8 Å². The number of esters is 1. The molecule has 1 N–H and O–H groups in total. The molecule has 126 valence electrons. The minimum Gasteiger partial charge on any atom is -0.469 e. The van der Waals surface area contributed by atoms with Crippen LogP contribution in [0.5, 0.6) is 0 Å². The van der Waals surface area contributed by atoms with Gasteiger partial charge in [0, 0.05) is 6.04 Å². The third-order valence-electron chi connectivity index (χ3n) is 4.01. The first-order valence-electron chi connectivity index (χ1n) is 8.12. The predicted octanol–water partition coefficient (Wildman–Crippen LogP) is 3.28. The maximum atomic E-state index is 12.9. The Morgan fingerprint density at radius 2 is 1.46 bits per heavy atom. The van der Waals surface area contributed by atoms with Crippen molar-refractivity contribution in [2.45, 2.75) is 31.7 Å². The van der Waals surface area contributed by atoms with Crippen LogP contribution in [-0.2, 0) is 14.3 Å². The Balaban J connectivity index is 2.24. The van der Waals surface area contributed by atoms with Gasteiger partial charge in [-0.2, -0.15) is 0 Å². The Morgan fingerprint density at radius 3 is 1.88 bits per heavy atom. The van der Waals surface area contributed by atoms with Gasteiger partial charge in [0.1, 0.15) is 0 Å². The highest BCUT2D eigenvalue weighted by molar-refractivity contribution is 5.87. The zero-order chi connectivity index (χ0) is 17.4. The topological polar surface area (TPSA) is 55.4 Å². The van der Waals surface area contributed by atoms with Crippen molar-refractivity contribution in [2.75, 3.05) is 7.11 Å². The van der Waals surface area contributed by atoms with E-state index in [2.05, 4.69) is 5.32 Å². The number of hydrogen-bond donors (Lipinski definition) is 1. The molecule has 0 spiro atoms. The summed E-state index contributed by atoms with van der Waals surface area (Å²) in [5.74, 6) is -0.833. The highest BCUT2D eigenvalue weighted by Gasteiger charge is 2.25. The third kappa shape index (κ3) is 4.69. The highest BCUT2D eigenvalue weighted by Crippen LogP contribution is 2.25. The van der Waals surface area contributed by atoms with Gasteiger partial charge in [-0.3, -0.25) is 9.59 Å². The molecule has 0 bridgehead atoms. The van der Waals surface area contributed by atoms with Crippen molar-refractivity contribution in [3.63, 3.8) is 0 Å². The van der Waals surface area contributed by atoms with Crippen LogP contribution in [0.4, 0.5) is 0 Å². The Hall–Kier alpha value is -2.62. The lowest BCUT2D eigenvalue weighted by Gasteiger charge is -2.22. The molecule has 1 amide bonds. The molecule has 1 atom stereocenters. The van der Waals surface area contributed by atoms with Crippen molar-refractivity contribution in [3.05, 3.63) is 71.8 Å². The molecule has 0 heterocycles. The van der Waals surface area contributed by atoms with E-state index in [-0.39, 0.29) is 24.3 Å². The molecule has 0 aliphatic carbocycles. The first-order valence-corrected chi connectivity index (χ1v) is 8.12. The normalized spacial score (nSPS) is 11.8. The van der Waals surface area contributed by atoms with Crippen molar-refractivity contribution >= 4 is 11.9 Å². The van der Waals surface area contributed by atoms with Gasteiger partial charge in [0.25, 0.3) is 0 Å². The van der Waals surface area contributed by atoms with E-state index in [1.165, 1.54) is 7.11 Å². The van der Waals surface area contributed by atoms with Crippen LogP contribution < -0.4 is 5.32 Å². The average molecular weight is 325 g/mol. The summed E-state index contributed by atoms with van der Waals surface area (Å²) < 4.78 is 4.70. The molecule has 0 aliphatic rings. The van der Waals surface area contributed by atoms with Gasteiger partial charge >= 0.3 is 5.97 Å². The SMILES string of the molecule is CCC(CC(=O)OC)NC(=O)C(c1ccccc1)c1ccccc1. The van der Waals surface area contributed by atoms with E-state index >= 15 is 0 Å². The van der Waals surface area contributed by atoms with Crippen LogP contribution in [0.25, 0.3) is 0 Å². The number of methoxy groups -OCH3 is 1. The van der Waals surface area contributed by atoms with Crippen LogP contribution in [-0.4, -0.2) is 25.0 Å². The predicted molar refractivity (Wildman–Crippen MR) is 93.6 cm³/mol. The number of amides is 1. The van der Waals surface area contributed by atoms with Crippen LogP contribution in [0.3, 0.4) is 0 Å². The van der Waals surface area contributed by atoms with Crippen LogP contribution in [0.15, 0.2) is 60.7 Å². The number of rotatable bonds is 7. The molecule has 0 aromatic heterocycles. The summed E-state index contributed by atoms with van der Waals surface area (Å²) in [5, 5.41) is 2.99. The second kappa shape index (κ2) is 8.87. The van der Waals surface area contributed by atoms with E-state index < -0.39 is 5.92 Å². The fourth-order valence-electron chi connectivity index (χ4n) is 2.65. The van der Waals surface area contributed by atoms with E-state index in [4.69, 9.17) is 4.74 Å². The maximum Gasteiger partial charge on any atom is 0.307 e. The molecule has 0 saturated carbocycles. The number of nitrogens with one attached hydrogen (secondary N) is 1. The highest BCUT2D eigenvalue weighted by atomic mass is 16.5. The Labute approximate surface area is 142 Å². The van der Waals surface area contributed by atoms with Gasteiger partial charge in [0.15, 0.2) is 0 Å². The molecule has 4 nitrogen and oxygen atoms in total. The standard InChI is InChI=1S/C20H23NO3/c1-3-17(14-18(22)24-2)21-20(23)19(15-10-6-4-7-11-15)16-12-8-5-9-13-16/h4-13,17,19H,3,14H2,1-2H3,(H,21,23). The number of carbonyl (C=O) groups excluding carboxylic acids is 2. The summed E-state index contributed by atoms with van der Waals surface area (Å²) in [7, 11) is 1.35. The molecular formula is C20H23NO3. The minimum atomic E-state index is -0.404. The van der Waals surface area contributed by atoms with E-state index in [9.17, 15) is 9.59 Å². The second-order valence-corrected chi connectivity index (χ2v) is 5.65. The Bertz CT molecular complexity index is 616. The van der Waals surface area contributed by atoms with Gasteiger partial charge in [-0.05, 0) is 17.5 Å². The molecule has 0 fully saturated rings. The van der Waals surface area contributed by atoms with Gasteiger partial charge in [-0.25, -0.2) is 0 Å². The Morgan fingerprint density at radius 1 is 0.958 bits per heavy atom. The summed E-state index contributed by atoms with van der Waals surface area (Å²) in [4.78, 5) is 24.4. The van der Waals surface area contributed by atoms with Gasteiger partial charge in [-0.15, -0.1) is 0 Å². The number of ether oxygens (including phenoxy) is 1. The van der Waals surface area contributed by atoms with Crippen molar-refractivity contribution in [2.24, 2.45) is 0 Å². The van der Waals surface area contributed by atoms with E-state index in [1.54, 1.807) is 0 Å². The van der Waals surface area contributed by atoms with E-state index in [1.807, 2.05) is 67.6 Å². The molecule has 24 heavy (non-hydrogen) atoms. The molecule has 0 saturated heterocycles. The largest absolute Gasteiger partial charge is 0.469 e. The van der Waals surface area contributed by atoms with Crippen molar-refractivity contribution < 1.29 is 14.3 Å². The first kappa shape index (κ1) is 17.7. The Kier molecular flexibility index (Phi) is 6.55. The molecule has 4 heteroatoms. The number of carbonyl (C=O) groups is 2. The number of benzene rings is 2. The summed E-state index contributed by atoms with van der Waals surface area (Å²) in [6, 6.07) is 19.1. The van der Waals surface area contributed by atoms with Crippen LogP contribution in [0, 0.1) is 0 Å². The molecule has 1 unspecified atom stereocenters. The summed E-state index contributed by atoms with van der Waals surface area (Å²) in [5.41, 5.74) is 1.85. The summed E-state index contributed by atoms with van der Waals surface area (Å²) in [6.07, 6.45) is 0.839. The number of hydrogen-bond acceptors (Lipinski definition) is 3. The molecule has 0 aliphatic heterocycles. The van der Waals surface area contributed by atoms with Gasteiger partial charge in [-0.1, -0.05) is 67.6 Å². The smallest absolute Gasteiger partial charge is 0.307 e. The summed E-state index contributed by atoms with van der Waals surface area (Å²) in [6.45, 7) is 1.94. The first-order chi connectivity index (χ1) is 11.7. The van der Waals surface area contributed by atoms with E-state index in [0.29, 0.717) is 6.42 Å². The molecule has 2 aromatic carbocycles. The van der Waals surface area contributed by atoms with Crippen LogP contribution in [0.2, 0.25) is 0 Å². The monoisotopic (exact) mass is 325 g/mol. The third-order valence-corrected chi connectivity index (χ3v) is 4.01. The van der Waals surface area contributed by atoms with Crippen LogP contribution >= 0.6 is 0 Å². The summed E-state index contributed by atoms with van der Waals surface area (Å²) >= 11 is 0. The molecule has 2 aromatic rings. The van der Waals surface area contributed by atoms with Crippen molar-refractivity contribution in [3.8, 4) is 0 Å². The lowest BCUT2D eigenvalue weighted by molar-refractivity contribution is -0.141. The zero-order valence-corrected chi connectivity index (χ0v) is 14.1. The fourth-order valence-corrected chi connectivity index (χ4v) is 2.65. The quantitative estimate of drug-likeness (QED) is 0.795. The maximum absolute atomic E-state index is 12.9. The molecule has 0 radical (unpaired) electrons. The minimum absolute atomic E-state index is 0.108. The zero-order valence-electron chi connectivity index (χ0n) is 14.1. The second-order valence-electron chi connectivity index (χ2n) is 5.65. The molecule has 2 rings (SSSR count). The fraction of sp³-hybridized carbons (Fsp3) is 0.300. The lowest BCUT2D eigenvalue weighted by Crippen LogP contribution is -2.39. The van der Waals surface area contributed by atoms with Crippen molar-refractivity contribution in [1.82, 2.24) is 5.32 Å². The van der Waals surface area contributed by atoms with Crippen molar-refractivity contribution in [1.29, 1.82) is 0 Å². The van der Waals surface area contributed by atoms with Gasteiger partial charge in [0.2, 0.25) is 5.91 Å².